The molecule has 0 heterocycles. The van der Waals surface area contributed by atoms with Crippen LogP contribution in [0.1, 0.15) is 5.56 Å². The van der Waals surface area contributed by atoms with Gasteiger partial charge < -0.3 is 4.74 Å². The highest BCUT2D eigenvalue weighted by atomic mass is 79.9. The van der Waals surface area contributed by atoms with E-state index in [1.54, 1.807) is 12.1 Å². The Bertz CT molecular complexity index is 446. The molecule has 1 aromatic rings. The molecule has 0 spiro atoms. The Morgan fingerprint density at radius 3 is 2.73 bits per heavy atom. The van der Waals surface area contributed by atoms with Gasteiger partial charge in [-0.05, 0) is 17.7 Å². The molecule has 0 aliphatic heterocycles. The maximum atomic E-state index is 11.1. The van der Waals surface area contributed by atoms with Crippen molar-refractivity contribution in [1.29, 1.82) is 5.26 Å². The lowest BCUT2D eigenvalue weighted by molar-refractivity contribution is -0.135. The minimum absolute atomic E-state index is 0.0237. The fraction of sp³-hybridized carbons (Fsp3) is 0.0909. The molecule has 1 rings (SSSR count). The van der Waals surface area contributed by atoms with Crippen LogP contribution >= 0.6 is 15.9 Å². The number of benzene rings is 1. The van der Waals surface area contributed by atoms with Gasteiger partial charge in [0.1, 0.15) is 11.6 Å². The maximum Gasteiger partial charge on any atom is 0.348 e. The van der Waals surface area contributed by atoms with Crippen molar-refractivity contribution in [2.24, 2.45) is 0 Å². The minimum atomic E-state index is -0.631. The van der Waals surface area contributed by atoms with Gasteiger partial charge in [0.15, 0.2) is 0 Å². The van der Waals surface area contributed by atoms with Crippen molar-refractivity contribution >= 4 is 28.0 Å². The van der Waals surface area contributed by atoms with Crippen LogP contribution in [0.15, 0.2) is 34.3 Å². The van der Waals surface area contributed by atoms with E-state index in [-0.39, 0.29) is 5.57 Å². The predicted octanol–water partition coefficient (Wildman–Crippen LogP) is 2.53. The maximum absolute atomic E-state index is 11.1. The molecule has 76 valence electrons. The summed E-state index contributed by atoms with van der Waals surface area (Å²) in [5, 5.41) is 8.75. The summed E-state index contributed by atoms with van der Waals surface area (Å²) in [4.78, 5) is 11.1. The van der Waals surface area contributed by atoms with Crippen LogP contribution in [-0.4, -0.2) is 13.1 Å². The van der Waals surface area contributed by atoms with Gasteiger partial charge in [0.25, 0.3) is 0 Å². The number of carbonyl (C=O) groups is 1. The first-order valence-corrected chi connectivity index (χ1v) is 4.93. The second-order valence-electron chi connectivity index (χ2n) is 2.68. The smallest absolute Gasteiger partial charge is 0.348 e. The van der Waals surface area contributed by atoms with Crippen molar-refractivity contribution in [3.05, 3.63) is 39.9 Å². The molecular weight excluding hydrogens is 258 g/mol. The van der Waals surface area contributed by atoms with E-state index in [2.05, 4.69) is 20.7 Å². The predicted molar refractivity (Wildman–Crippen MR) is 59.7 cm³/mol. The number of halogens is 1. The number of nitriles is 1. The quantitative estimate of drug-likeness (QED) is 0.469. The molecule has 0 aromatic heterocycles. The zero-order valence-corrected chi connectivity index (χ0v) is 9.61. The normalized spacial score (nSPS) is 10.6. The molecule has 4 heteroatoms. The Labute approximate surface area is 96.1 Å². The molecule has 0 aliphatic rings. The van der Waals surface area contributed by atoms with Gasteiger partial charge in [0.05, 0.1) is 7.11 Å². The van der Waals surface area contributed by atoms with Crippen molar-refractivity contribution in [3.63, 3.8) is 0 Å². The first-order valence-electron chi connectivity index (χ1n) is 4.13. The SMILES string of the molecule is COC(=O)/C(C#N)=C/c1ccccc1Br. The second-order valence-corrected chi connectivity index (χ2v) is 3.54. The van der Waals surface area contributed by atoms with Gasteiger partial charge in [-0.1, -0.05) is 34.1 Å². The molecule has 0 aliphatic carbocycles. The van der Waals surface area contributed by atoms with Crippen LogP contribution in [0.5, 0.6) is 0 Å². The van der Waals surface area contributed by atoms with Gasteiger partial charge in [-0.25, -0.2) is 4.79 Å². The van der Waals surface area contributed by atoms with Crippen LogP contribution in [0.4, 0.5) is 0 Å². The first-order chi connectivity index (χ1) is 7.19. The summed E-state index contributed by atoms with van der Waals surface area (Å²) in [6, 6.07) is 9.10. The lowest BCUT2D eigenvalue weighted by Gasteiger charge is -1.99. The largest absolute Gasteiger partial charge is 0.465 e. The number of ether oxygens (including phenoxy) is 1. The number of rotatable bonds is 2. The topological polar surface area (TPSA) is 50.1 Å². The monoisotopic (exact) mass is 265 g/mol. The van der Waals surface area contributed by atoms with Crippen LogP contribution in [0.25, 0.3) is 6.08 Å². The molecule has 1 aromatic carbocycles. The number of hydrogen-bond acceptors (Lipinski definition) is 3. The highest BCUT2D eigenvalue weighted by Gasteiger charge is 2.08. The Kier molecular flexibility index (Phi) is 4.07. The van der Waals surface area contributed by atoms with E-state index in [0.717, 1.165) is 10.0 Å². The third-order valence-corrected chi connectivity index (χ3v) is 2.45. The van der Waals surface area contributed by atoms with E-state index >= 15 is 0 Å². The van der Waals surface area contributed by atoms with E-state index in [4.69, 9.17) is 5.26 Å². The van der Waals surface area contributed by atoms with Crippen molar-refractivity contribution in [1.82, 2.24) is 0 Å². The average Bonchev–Trinajstić information content (AvgIpc) is 2.27. The minimum Gasteiger partial charge on any atom is -0.465 e. The Morgan fingerprint density at radius 2 is 2.20 bits per heavy atom. The first kappa shape index (κ1) is 11.5. The summed E-state index contributed by atoms with van der Waals surface area (Å²) in [5.41, 5.74) is 0.740. The van der Waals surface area contributed by atoms with Gasteiger partial charge in [0, 0.05) is 4.47 Å². The molecule has 0 saturated heterocycles. The molecule has 3 nitrogen and oxygen atoms in total. The summed E-state index contributed by atoms with van der Waals surface area (Å²) in [6.07, 6.45) is 1.48. The van der Waals surface area contributed by atoms with Crippen molar-refractivity contribution in [2.75, 3.05) is 7.11 Å². The van der Waals surface area contributed by atoms with Gasteiger partial charge in [-0.3, -0.25) is 0 Å². The van der Waals surface area contributed by atoms with Gasteiger partial charge >= 0.3 is 5.97 Å². The van der Waals surface area contributed by atoms with Gasteiger partial charge in [-0.15, -0.1) is 0 Å². The standard InChI is InChI=1S/C11H8BrNO2/c1-15-11(14)9(7-13)6-8-4-2-3-5-10(8)12/h2-6H,1H3/b9-6+. The third kappa shape index (κ3) is 2.93. The summed E-state index contributed by atoms with van der Waals surface area (Å²) in [6.45, 7) is 0. The number of methoxy groups -OCH3 is 1. The lowest BCUT2D eigenvalue weighted by Crippen LogP contribution is -2.02. The van der Waals surface area contributed by atoms with Crippen molar-refractivity contribution < 1.29 is 9.53 Å². The van der Waals surface area contributed by atoms with Crippen molar-refractivity contribution in [3.8, 4) is 6.07 Å². The molecule has 15 heavy (non-hydrogen) atoms. The van der Waals surface area contributed by atoms with E-state index in [1.165, 1.54) is 13.2 Å². The van der Waals surface area contributed by atoms with Crippen LogP contribution in [-0.2, 0) is 9.53 Å². The van der Waals surface area contributed by atoms with Crippen molar-refractivity contribution in [2.45, 2.75) is 0 Å². The highest BCUT2D eigenvalue weighted by Crippen LogP contribution is 2.18. The molecular formula is C11H8BrNO2. The zero-order chi connectivity index (χ0) is 11.3. The number of nitrogens with zero attached hydrogens (tertiary/aromatic N) is 1. The summed E-state index contributed by atoms with van der Waals surface area (Å²) < 4.78 is 5.29. The molecule has 0 fully saturated rings. The molecule has 0 N–H and O–H groups in total. The lowest BCUT2D eigenvalue weighted by atomic mass is 10.1. The van der Waals surface area contributed by atoms with E-state index in [1.807, 2.05) is 18.2 Å². The molecule has 0 radical (unpaired) electrons. The van der Waals surface area contributed by atoms with Crippen LogP contribution in [0.2, 0.25) is 0 Å². The van der Waals surface area contributed by atoms with Crippen LogP contribution in [0, 0.1) is 11.3 Å². The average molecular weight is 266 g/mol. The third-order valence-electron chi connectivity index (χ3n) is 1.73. The number of esters is 1. The fourth-order valence-corrected chi connectivity index (χ4v) is 1.39. The highest BCUT2D eigenvalue weighted by molar-refractivity contribution is 9.10. The zero-order valence-electron chi connectivity index (χ0n) is 8.03. The van der Waals surface area contributed by atoms with E-state index < -0.39 is 5.97 Å². The number of carbonyl (C=O) groups excluding carboxylic acids is 1. The van der Waals surface area contributed by atoms with Gasteiger partial charge in [-0.2, -0.15) is 5.26 Å². The van der Waals surface area contributed by atoms with E-state index in [9.17, 15) is 4.79 Å². The Balaban J connectivity index is 3.11. The van der Waals surface area contributed by atoms with Crippen LogP contribution < -0.4 is 0 Å². The molecule has 0 saturated carbocycles. The Morgan fingerprint density at radius 1 is 1.53 bits per heavy atom. The molecule has 0 bridgehead atoms. The second kappa shape index (κ2) is 5.32. The Hall–Kier alpha value is -1.60. The van der Waals surface area contributed by atoms with E-state index in [0.29, 0.717) is 0 Å². The molecule has 0 atom stereocenters. The summed E-state index contributed by atoms with van der Waals surface area (Å²) in [5.74, 6) is -0.631. The molecule has 0 amide bonds. The summed E-state index contributed by atoms with van der Waals surface area (Å²) >= 11 is 3.32. The molecule has 0 unspecified atom stereocenters. The summed E-state index contributed by atoms with van der Waals surface area (Å²) in [7, 11) is 1.24. The van der Waals surface area contributed by atoms with Crippen LogP contribution in [0.3, 0.4) is 0 Å². The number of hydrogen-bond donors (Lipinski definition) is 0. The van der Waals surface area contributed by atoms with Gasteiger partial charge in [0.2, 0.25) is 0 Å². The fourth-order valence-electron chi connectivity index (χ4n) is 0.994.